The Hall–Kier alpha value is -1.30. The van der Waals surface area contributed by atoms with Crippen molar-refractivity contribution in [3.05, 3.63) is 6.33 Å². The van der Waals surface area contributed by atoms with Crippen molar-refractivity contribution < 1.29 is 0 Å². The second kappa shape index (κ2) is 4.06. The van der Waals surface area contributed by atoms with Crippen LogP contribution in [0.5, 0.6) is 0 Å². The van der Waals surface area contributed by atoms with Gasteiger partial charge in [0, 0.05) is 6.04 Å². The highest BCUT2D eigenvalue weighted by molar-refractivity contribution is 7.98. The lowest BCUT2D eigenvalue weighted by molar-refractivity contribution is 0.890. The molecule has 15 heavy (non-hydrogen) atoms. The van der Waals surface area contributed by atoms with Gasteiger partial charge in [0.2, 0.25) is 0 Å². The maximum Gasteiger partial charge on any atom is 0.161 e. The lowest BCUT2D eigenvalue weighted by atomic mass is 10.3. The number of aromatic nitrogens is 4. The molecule has 0 amide bonds. The van der Waals surface area contributed by atoms with E-state index in [2.05, 4.69) is 39.3 Å². The van der Waals surface area contributed by atoms with Crippen LogP contribution in [0.1, 0.15) is 13.8 Å². The van der Waals surface area contributed by atoms with Gasteiger partial charge in [-0.15, -0.1) is 11.8 Å². The van der Waals surface area contributed by atoms with Crippen LogP contribution in [-0.2, 0) is 0 Å². The maximum atomic E-state index is 4.23. The smallest absolute Gasteiger partial charge is 0.161 e. The van der Waals surface area contributed by atoms with E-state index in [1.165, 1.54) is 6.33 Å². The van der Waals surface area contributed by atoms with Gasteiger partial charge in [0.15, 0.2) is 5.65 Å². The zero-order chi connectivity index (χ0) is 10.8. The van der Waals surface area contributed by atoms with Crippen molar-refractivity contribution in [2.24, 2.45) is 0 Å². The highest BCUT2D eigenvalue weighted by Gasteiger charge is 2.12. The van der Waals surface area contributed by atoms with E-state index >= 15 is 0 Å². The van der Waals surface area contributed by atoms with Crippen molar-refractivity contribution in [3.8, 4) is 0 Å². The van der Waals surface area contributed by atoms with Crippen LogP contribution in [-0.4, -0.2) is 32.5 Å². The third-order valence-corrected chi connectivity index (χ3v) is 2.63. The molecule has 5 nitrogen and oxygen atoms in total. The quantitative estimate of drug-likeness (QED) is 0.778. The van der Waals surface area contributed by atoms with Gasteiger partial charge in [-0.05, 0) is 20.1 Å². The van der Waals surface area contributed by atoms with Gasteiger partial charge in [-0.25, -0.2) is 9.97 Å². The van der Waals surface area contributed by atoms with Crippen LogP contribution in [0.15, 0.2) is 11.4 Å². The van der Waals surface area contributed by atoms with Gasteiger partial charge in [-0.1, -0.05) is 0 Å². The molecular weight excluding hydrogens is 210 g/mol. The van der Waals surface area contributed by atoms with Crippen molar-refractivity contribution >= 4 is 28.6 Å². The van der Waals surface area contributed by atoms with Gasteiger partial charge in [0.1, 0.15) is 17.2 Å². The Bertz CT molecular complexity index is 464. The van der Waals surface area contributed by atoms with Gasteiger partial charge >= 0.3 is 0 Å². The molecule has 0 saturated heterocycles. The Kier molecular flexibility index (Phi) is 2.77. The first-order valence-corrected chi connectivity index (χ1v) is 5.94. The van der Waals surface area contributed by atoms with Crippen molar-refractivity contribution in [3.63, 3.8) is 0 Å². The van der Waals surface area contributed by atoms with E-state index < -0.39 is 0 Å². The Morgan fingerprint density at radius 1 is 1.40 bits per heavy atom. The van der Waals surface area contributed by atoms with E-state index in [9.17, 15) is 0 Å². The van der Waals surface area contributed by atoms with Crippen LogP contribution in [0.3, 0.4) is 0 Å². The van der Waals surface area contributed by atoms with Gasteiger partial charge in [-0.3, -0.25) is 5.10 Å². The molecule has 0 radical (unpaired) electrons. The molecule has 2 rings (SSSR count). The largest absolute Gasteiger partial charge is 0.367 e. The molecule has 0 aliphatic rings. The number of rotatable bonds is 3. The number of hydrogen-bond donors (Lipinski definition) is 2. The van der Waals surface area contributed by atoms with Gasteiger partial charge in [-0.2, -0.15) is 5.10 Å². The van der Waals surface area contributed by atoms with Crippen molar-refractivity contribution in [1.82, 2.24) is 20.2 Å². The summed E-state index contributed by atoms with van der Waals surface area (Å²) in [5, 5.41) is 12.2. The fourth-order valence-electron chi connectivity index (χ4n) is 1.36. The average Bonchev–Trinajstić information content (AvgIpc) is 2.61. The first-order chi connectivity index (χ1) is 7.22. The van der Waals surface area contributed by atoms with Crippen molar-refractivity contribution in [1.29, 1.82) is 0 Å². The fourth-order valence-corrected chi connectivity index (χ4v) is 1.90. The monoisotopic (exact) mass is 223 g/mol. The van der Waals surface area contributed by atoms with E-state index in [-0.39, 0.29) is 0 Å². The second-order valence-corrected chi connectivity index (χ2v) is 4.27. The van der Waals surface area contributed by atoms with Crippen LogP contribution in [0.4, 0.5) is 5.82 Å². The first-order valence-electron chi connectivity index (χ1n) is 4.72. The maximum absolute atomic E-state index is 4.23. The van der Waals surface area contributed by atoms with E-state index in [4.69, 9.17) is 0 Å². The fraction of sp³-hybridized carbons (Fsp3) is 0.444. The standard InChI is InChI=1S/C9H13N5S/c1-5(2)12-7-6-8(11-4-10-7)13-14-9(6)15-3/h4-5H,1-3H3,(H2,10,11,12,13,14). The molecule has 0 fully saturated rings. The van der Waals surface area contributed by atoms with E-state index in [1.54, 1.807) is 11.8 Å². The molecule has 0 aliphatic carbocycles. The molecule has 2 aromatic heterocycles. The number of fused-ring (bicyclic) bond motifs is 1. The third kappa shape index (κ3) is 1.90. The summed E-state index contributed by atoms with van der Waals surface area (Å²) in [6.45, 7) is 4.15. The molecule has 2 aromatic rings. The number of aromatic amines is 1. The topological polar surface area (TPSA) is 66.5 Å². The van der Waals surface area contributed by atoms with Crippen molar-refractivity contribution in [2.75, 3.05) is 11.6 Å². The summed E-state index contributed by atoms with van der Waals surface area (Å²) >= 11 is 1.58. The van der Waals surface area contributed by atoms with E-state index in [1.807, 2.05) is 6.26 Å². The average molecular weight is 223 g/mol. The van der Waals surface area contributed by atoms with Gasteiger partial charge < -0.3 is 5.32 Å². The Labute approximate surface area is 92.1 Å². The second-order valence-electron chi connectivity index (χ2n) is 3.48. The normalized spacial score (nSPS) is 11.2. The number of H-pyrrole nitrogens is 1. The minimum absolute atomic E-state index is 0.340. The number of hydrogen-bond acceptors (Lipinski definition) is 5. The van der Waals surface area contributed by atoms with E-state index in [0.717, 1.165) is 21.9 Å². The number of nitrogens with zero attached hydrogens (tertiary/aromatic N) is 3. The predicted molar refractivity (Wildman–Crippen MR) is 62.2 cm³/mol. The number of anilines is 1. The summed E-state index contributed by atoms with van der Waals surface area (Å²) in [7, 11) is 0. The van der Waals surface area contributed by atoms with Crippen LogP contribution < -0.4 is 5.32 Å². The summed E-state index contributed by atoms with van der Waals surface area (Å²) in [6, 6.07) is 0.340. The summed E-state index contributed by atoms with van der Waals surface area (Å²) in [5.74, 6) is 0.841. The molecule has 0 saturated carbocycles. The minimum atomic E-state index is 0.340. The zero-order valence-corrected chi connectivity index (χ0v) is 9.72. The Morgan fingerprint density at radius 2 is 2.20 bits per heavy atom. The highest BCUT2D eigenvalue weighted by atomic mass is 32.2. The predicted octanol–water partition coefficient (Wildman–Crippen LogP) is 1.90. The number of nitrogens with one attached hydrogen (secondary N) is 2. The summed E-state index contributed by atoms with van der Waals surface area (Å²) in [4.78, 5) is 8.37. The molecule has 80 valence electrons. The molecule has 2 heterocycles. The SMILES string of the molecule is CSc1n[nH]c2ncnc(NC(C)C)c12. The Morgan fingerprint density at radius 3 is 2.87 bits per heavy atom. The molecule has 2 N–H and O–H groups in total. The minimum Gasteiger partial charge on any atom is -0.367 e. The van der Waals surface area contributed by atoms with E-state index in [0.29, 0.717) is 6.04 Å². The molecule has 0 bridgehead atoms. The Balaban J connectivity index is 2.56. The zero-order valence-electron chi connectivity index (χ0n) is 8.90. The molecule has 0 aromatic carbocycles. The molecule has 0 spiro atoms. The molecule has 0 unspecified atom stereocenters. The molecule has 0 aliphatic heterocycles. The van der Waals surface area contributed by atoms with Crippen LogP contribution in [0.25, 0.3) is 11.0 Å². The van der Waals surface area contributed by atoms with Crippen LogP contribution in [0, 0.1) is 0 Å². The lowest BCUT2D eigenvalue weighted by Crippen LogP contribution is -2.11. The van der Waals surface area contributed by atoms with Crippen molar-refractivity contribution in [2.45, 2.75) is 24.9 Å². The summed E-state index contributed by atoms with van der Waals surface area (Å²) in [5.41, 5.74) is 0.775. The first kappa shape index (κ1) is 10.2. The van der Waals surface area contributed by atoms with Gasteiger partial charge in [0.05, 0.1) is 5.39 Å². The third-order valence-electron chi connectivity index (χ3n) is 1.94. The number of thioether (sulfide) groups is 1. The molecule has 0 atom stereocenters. The molecule has 6 heteroatoms. The lowest BCUT2D eigenvalue weighted by Gasteiger charge is -2.09. The summed E-state index contributed by atoms with van der Waals surface area (Å²) < 4.78 is 0. The van der Waals surface area contributed by atoms with Gasteiger partial charge in [0.25, 0.3) is 0 Å². The highest BCUT2D eigenvalue weighted by Crippen LogP contribution is 2.27. The van der Waals surface area contributed by atoms with Crippen LogP contribution in [0.2, 0.25) is 0 Å². The van der Waals surface area contributed by atoms with Crippen LogP contribution >= 0.6 is 11.8 Å². The summed E-state index contributed by atoms with van der Waals surface area (Å²) in [6.07, 6.45) is 3.52. The molecular formula is C9H13N5S.